The van der Waals surface area contributed by atoms with Gasteiger partial charge in [-0.25, -0.2) is 0 Å². The van der Waals surface area contributed by atoms with E-state index in [0.717, 1.165) is 16.4 Å². The van der Waals surface area contributed by atoms with E-state index in [0.29, 0.717) is 0 Å². The maximum atomic E-state index is 12.3. The number of fused-ring (bicyclic) bond motifs is 1. The van der Waals surface area contributed by atoms with Crippen molar-refractivity contribution in [2.24, 2.45) is 0 Å². The van der Waals surface area contributed by atoms with E-state index in [1.807, 2.05) is 41.8 Å². The van der Waals surface area contributed by atoms with Gasteiger partial charge in [0.25, 0.3) is 0 Å². The van der Waals surface area contributed by atoms with Gasteiger partial charge in [0.2, 0.25) is 11.8 Å². The van der Waals surface area contributed by atoms with E-state index in [2.05, 4.69) is 0 Å². The molecule has 3 rings (SSSR count). The lowest BCUT2D eigenvalue weighted by Crippen LogP contribution is -2.28. The first-order valence-electron chi connectivity index (χ1n) is 5.90. The molecular weight excluding hydrogens is 260 g/mol. The highest BCUT2D eigenvalue weighted by molar-refractivity contribution is 7.15. The molecule has 1 aliphatic rings. The molecule has 4 nitrogen and oxygen atoms in total. The number of hydrogen-bond donors (Lipinski definition) is 0. The number of anilines is 3. The number of hydrogen-bond acceptors (Lipinski definition) is 3. The zero-order valence-corrected chi connectivity index (χ0v) is 11.2. The summed E-state index contributed by atoms with van der Waals surface area (Å²) in [6.07, 6.45) is -0.104. The van der Waals surface area contributed by atoms with E-state index in [-0.39, 0.29) is 18.2 Å². The van der Waals surface area contributed by atoms with Crippen LogP contribution >= 0.6 is 11.3 Å². The second kappa shape index (κ2) is 4.51. The summed E-state index contributed by atoms with van der Waals surface area (Å²) in [4.78, 5) is 27.4. The lowest BCUT2D eigenvalue weighted by Gasteiger charge is -2.20. The highest BCUT2D eigenvalue weighted by Gasteiger charge is 2.31. The Kier molecular flexibility index (Phi) is 2.83. The van der Waals surface area contributed by atoms with Crippen LogP contribution in [0.3, 0.4) is 0 Å². The van der Waals surface area contributed by atoms with Gasteiger partial charge in [-0.1, -0.05) is 18.2 Å². The largest absolute Gasteiger partial charge is 0.312 e. The third-order valence-electron chi connectivity index (χ3n) is 3.13. The Morgan fingerprint density at radius 2 is 1.79 bits per heavy atom. The molecule has 2 heterocycles. The van der Waals surface area contributed by atoms with Gasteiger partial charge in [-0.3, -0.25) is 14.5 Å². The Bertz CT molecular complexity index is 636. The number of amides is 2. The molecule has 0 fully saturated rings. The van der Waals surface area contributed by atoms with Crippen LogP contribution in [0.1, 0.15) is 6.42 Å². The number of thiophene rings is 1. The van der Waals surface area contributed by atoms with Crippen molar-refractivity contribution < 1.29 is 9.59 Å². The highest BCUT2D eigenvalue weighted by atomic mass is 32.1. The van der Waals surface area contributed by atoms with Crippen molar-refractivity contribution in [2.45, 2.75) is 6.42 Å². The molecule has 0 saturated heterocycles. The Hall–Kier alpha value is -2.14. The topological polar surface area (TPSA) is 40.6 Å². The monoisotopic (exact) mass is 272 g/mol. The van der Waals surface area contributed by atoms with Crippen LogP contribution < -0.4 is 9.80 Å². The molecule has 0 spiro atoms. The number of para-hydroxylation sites is 1. The highest BCUT2D eigenvalue weighted by Crippen LogP contribution is 2.41. The fourth-order valence-corrected chi connectivity index (χ4v) is 3.09. The van der Waals surface area contributed by atoms with Crippen molar-refractivity contribution >= 4 is 39.5 Å². The summed E-state index contributed by atoms with van der Waals surface area (Å²) in [5.41, 5.74) is 1.57. The van der Waals surface area contributed by atoms with Gasteiger partial charge in [0, 0.05) is 12.7 Å². The summed E-state index contributed by atoms with van der Waals surface area (Å²) >= 11 is 1.46. The first-order chi connectivity index (χ1) is 9.18. The van der Waals surface area contributed by atoms with Crippen molar-refractivity contribution in [1.82, 2.24) is 0 Å². The minimum absolute atomic E-state index is 0.104. The van der Waals surface area contributed by atoms with Gasteiger partial charge >= 0.3 is 0 Å². The molecule has 2 amide bonds. The summed E-state index contributed by atoms with van der Waals surface area (Å²) in [6, 6.07) is 11.3. The first-order valence-corrected chi connectivity index (χ1v) is 6.78. The SMILES string of the molecule is CN1C(=O)CC(=O)N(c2ccccc2)c2sccc21. The molecule has 0 bridgehead atoms. The molecule has 1 aromatic heterocycles. The van der Waals surface area contributed by atoms with Crippen molar-refractivity contribution in [1.29, 1.82) is 0 Å². The van der Waals surface area contributed by atoms with Crippen molar-refractivity contribution in [3.05, 3.63) is 41.8 Å². The number of nitrogens with zero attached hydrogens (tertiary/aromatic N) is 2. The van der Waals surface area contributed by atoms with E-state index >= 15 is 0 Å². The Balaban J connectivity index is 2.17. The maximum absolute atomic E-state index is 12.3. The average molecular weight is 272 g/mol. The third-order valence-corrected chi connectivity index (χ3v) is 4.02. The van der Waals surface area contributed by atoms with Crippen LogP contribution in [0.2, 0.25) is 0 Å². The quantitative estimate of drug-likeness (QED) is 0.749. The molecule has 0 aliphatic carbocycles. The molecule has 0 N–H and O–H groups in total. The lowest BCUT2D eigenvalue weighted by atomic mass is 10.2. The maximum Gasteiger partial charge on any atom is 0.241 e. The molecule has 0 radical (unpaired) electrons. The van der Waals surface area contributed by atoms with E-state index in [1.54, 1.807) is 16.8 Å². The zero-order valence-electron chi connectivity index (χ0n) is 10.4. The summed E-state index contributed by atoms with van der Waals surface area (Å²) < 4.78 is 0. The first kappa shape index (κ1) is 11.9. The molecule has 1 aliphatic heterocycles. The predicted molar refractivity (Wildman–Crippen MR) is 75.9 cm³/mol. The molecule has 0 atom stereocenters. The van der Waals surface area contributed by atoms with Crippen LogP contribution in [0.5, 0.6) is 0 Å². The standard InChI is InChI=1S/C14H12N2O2S/c1-15-11-7-8-19-14(11)16(13(18)9-12(15)17)10-5-3-2-4-6-10/h2-8H,9H2,1H3. The average Bonchev–Trinajstić information content (AvgIpc) is 2.85. The van der Waals surface area contributed by atoms with E-state index in [9.17, 15) is 9.59 Å². The fourth-order valence-electron chi connectivity index (χ4n) is 2.13. The number of carbonyl (C=O) groups is 2. The van der Waals surface area contributed by atoms with Crippen LogP contribution in [0.4, 0.5) is 16.4 Å². The van der Waals surface area contributed by atoms with Crippen LogP contribution in [-0.4, -0.2) is 18.9 Å². The van der Waals surface area contributed by atoms with Crippen LogP contribution in [0, 0.1) is 0 Å². The van der Waals surface area contributed by atoms with Crippen molar-refractivity contribution in [3.63, 3.8) is 0 Å². The van der Waals surface area contributed by atoms with Crippen LogP contribution in [0.25, 0.3) is 0 Å². The van der Waals surface area contributed by atoms with Gasteiger partial charge in [0.05, 0.1) is 5.69 Å². The molecule has 96 valence electrons. The van der Waals surface area contributed by atoms with Gasteiger partial charge in [0.15, 0.2) is 0 Å². The van der Waals surface area contributed by atoms with E-state index < -0.39 is 0 Å². The van der Waals surface area contributed by atoms with Crippen LogP contribution in [0.15, 0.2) is 41.8 Å². The van der Waals surface area contributed by atoms with Gasteiger partial charge in [-0.15, -0.1) is 11.3 Å². The van der Waals surface area contributed by atoms with Gasteiger partial charge < -0.3 is 4.90 Å². The smallest absolute Gasteiger partial charge is 0.241 e. The normalized spacial score (nSPS) is 15.4. The molecule has 2 aromatic rings. The fraction of sp³-hybridized carbons (Fsp3) is 0.143. The van der Waals surface area contributed by atoms with E-state index in [1.165, 1.54) is 11.3 Å². The third kappa shape index (κ3) is 1.92. The Labute approximate surface area is 114 Å². The van der Waals surface area contributed by atoms with Gasteiger partial charge in [-0.2, -0.15) is 0 Å². The Morgan fingerprint density at radius 3 is 2.53 bits per heavy atom. The zero-order chi connectivity index (χ0) is 13.4. The molecule has 19 heavy (non-hydrogen) atoms. The summed E-state index contributed by atoms with van der Waals surface area (Å²) in [5.74, 6) is -0.368. The minimum atomic E-state index is -0.191. The lowest BCUT2D eigenvalue weighted by molar-refractivity contribution is -0.125. The van der Waals surface area contributed by atoms with Crippen molar-refractivity contribution in [3.8, 4) is 0 Å². The molecular formula is C14H12N2O2S. The second-order valence-electron chi connectivity index (χ2n) is 4.31. The summed E-state index contributed by atoms with van der Waals surface area (Å²) in [5, 5.41) is 2.69. The summed E-state index contributed by atoms with van der Waals surface area (Å²) in [7, 11) is 1.70. The molecule has 0 unspecified atom stereocenters. The summed E-state index contributed by atoms with van der Waals surface area (Å²) in [6.45, 7) is 0. The predicted octanol–water partition coefficient (Wildman–Crippen LogP) is 2.78. The van der Waals surface area contributed by atoms with Crippen molar-refractivity contribution in [2.75, 3.05) is 16.8 Å². The molecule has 5 heteroatoms. The second-order valence-corrected chi connectivity index (χ2v) is 5.20. The van der Waals surface area contributed by atoms with Gasteiger partial charge in [0.1, 0.15) is 11.4 Å². The number of carbonyl (C=O) groups excluding carboxylic acids is 2. The number of benzene rings is 1. The van der Waals surface area contributed by atoms with E-state index in [4.69, 9.17) is 0 Å². The number of rotatable bonds is 1. The van der Waals surface area contributed by atoms with Crippen LogP contribution in [-0.2, 0) is 9.59 Å². The minimum Gasteiger partial charge on any atom is -0.312 e. The molecule has 0 saturated carbocycles. The van der Waals surface area contributed by atoms with Gasteiger partial charge in [-0.05, 0) is 23.6 Å². The molecule has 1 aromatic carbocycles. The Morgan fingerprint density at radius 1 is 1.05 bits per heavy atom.